The second-order valence-electron chi connectivity index (χ2n) is 5.69. The number of rotatable bonds is 14. The SMILES string of the molecule is CCCCCCCCCCCCCCCC(=O)O.[O-]B([O-])O.[Zn+2]. The number of aliphatic carboxylic acids is 1. The number of unbranched alkanes of at least 4 members (excludes halogenated alkanes) is 12. The molecule has 0 saturated heterocycles. The van der Waals surface area contributed by atoms with Gasteiger partial charge in [0, 0.05) is 6.42 Å². The Hall–Kier alpha value is 0.0383. The van der Waals surface area contributed by atoms with E-state index in [-0.39, 0.29) is 19.5 Å². The van der Waals surface area contributed by atoms with Gasteiger partial charge >= 0.3 is 25.4 Å². The van der Waals surface area contributed by atoms with Crippen LogP contribution >= 0.6 is 0 Å². The summed E-state index contributed by atoms with van der Waals surface area (Å²) in [4.78, 5) is 10.3. The van der Waals surface area contributed by atoms with Crippen LogP contribution in [-0.2, 0) is 24.3 Å². The molecule has 0 bridgehead atoms. The first-order valence-corrected chi connectivity index (χ1v) is 8.72. The van der Waals surface area contributed by atoms with Crippen molar-refractivity contribution in [1.29, 1.82) is 0 Å². The molecule has 0 saturated carbocycles. The third kappa shape index (κ3) is 39.1. The molecule has 0 aromatic carbocycles. The quantitative estimate of drug-likeness (QED) is 0.355. The molecule has 0 aliphatic rings. The van der Waals surface area contributed by atoms with Gasteiger partial charge in [-0.05, 0) is 6.42 Å². The number of carboxylic acids is 1. The fourth-order valence-corrected chi connectivity index (χ4v) is 2.29. The van der Waals surface area contributed by atoms with Crippen molar-refractivity contribution in [2.45, 2.75) is 96.8 Å². The Morgan fingerprint density at radius 2 is 1.04 bits per heavy atom. The van der Waals surface area contributed by atoms with E-state index in [2.05, 4.69) is 6.92 Å². The number of carboxylic acid groups (broad SMARTS) is 1. The minimum Gasteiger partial charge on any atom is -0.871 e. The van der Waals surface area contributed by atoms with Crippen LogP contribution in [0.25, 0.3) is 0 Å². The van der Waals surface area contributed by atoms with Gasteiger partial charge in [0.1, 0.15) is 0 Å². The van der Waals surface area contributed by atoms with Gasteiger partial charge in [0.25, 0.3) is 0 Å². The number of carbonyl (C=O) groups is 1. The van der Waals surface area contributed by atoms with Crippen LogP contribution in [0.5, 0.6) is 0 Å². The second kappa shape index (κ2) is 24.3. The fraction of sp³-hybridized carbons (Fsp3) is 0.938. The maximum atomic E-state index is 10.3. The summed E-state index contributed by atoms with van der Waals surface area (Å²) in [7, 11) is -2.67. The Labute approximate surface area is 154 Å². The van der Waals surface area contributed by atoms with E-state index in [0.29, 0.717) is 6.42 Å². The van der Waals surface area contributed by atoms with Crippen LogP contribution in [0.15, 0.2) is 0 Å². The van der Waals surface area contributed by atoms with Gasteiger partial charge in [0.15, 0.2) is 0 Å². The molecular formula is C16H33BO5Zn. The van der Waals surface area contributed by atoms with Gasteiger partial charge in [-0.3, -0.25) is 4.79 Å². The molecule has 23 heavy (non-hydrogen) atoms. The Kier molecular flexibility index (Phi) is 29.4. The molecule has 0 spiro atoms. The summed E-state index contributed by atoms with van der Waals surface area (Å²) in [6, 6.07) is 0. The van der Waals surface area contributed by atoms with Gasteiger partial charge in [0.2, 0.25) is 0 Å². The average Bonchev–Trinajstić information content (AvgIpc) is 2.43. The Morgan fingerprint density at radius 3 is 1.30 bits per heavy atom. The zero-order valence-electron chi connectivity index (χ0n) is 14.8. The minimum atomic E-state index is -2.67. The summed E-state index contributed by atoms with van der Waals surface area (Å²) >= 11 is 0. The third-order valence-electron chi connectivity index (χ3n) is 3.49. The summed E-state index contributed by atoms with van der Waals surface area (Å²) in [6.07, 6.45) is 17.3. The van der Waals surface area contributed by atoms with Crippen molar-refractivity contribution in [3.63, 3.8) is 0 Å². The van der Waals surface area contributed by atoms with Crippen LogP contribution in [0, 0.1) is 0 Å². The van der Waals surface area contributed by atoms with Crippen LogP contribution in [0.3, 0.4) is 0 Å². The van der Waals surface area contributed by atoms with Gasteiger partial charge < -0.3 is 20.2 Å². The van der Waals surface area contributed by atoms with Crippen molar-refractivity contribution >= 4 is 13.3 Å². The van der Waals surface area contributed by atoms with Gasteiger partial charge in [-0.1, -0.05) is 84.0 Å². The minimum absolute atomic E-state index is 0. The van der Waals surface area contributed by atoms with Crippen molar-refractivity contribution in [3.05, 3.63) is 0 Å². The fourth-order valence-electron chi connectivity index (χ4n) is 2.29. The van der Waals surface area contributed by atoms with Gasteiger partial charge in [-0.2, -0.15) is 0 Å². The van der Waals surface area contributed by atoms with E-state index in [0.717, 1.165) is 12.8 Å². The molecule has 132 valence electrons. The van der Waals surface area contributed by atoms with E-state index < -0.39 is 13.3 Å². The maximum absolute atomic E-state index is 10.3. The summed E-state index contributed by atoms with van der Waals surface area (Å²) < 4.78 is 0. The molecule has 0 fully saturated rings. The van der Waals surface area contributed by atoms with Crippen molar-refractivity contribution in [2.75, 3.05) is 0 Å². The molecule has 0 aromatic heterocycles. The summed E-state index contributed by atoms with van der Waals surface area (Å²) in [6.45, 7) is 2.26. The van der Waals surface area contributed by atoms with E-state index in [4.69, 9.17) is 20.2 Å². The van der Waals surface area contributed by atoms with E-state index in [1.165, 1.54) is 70.6 Å². The topological polar surface area (TPSA) is 104 Å². The molecular weight excluding hydrogens is 348 g/mol. The third-order valence-corrected chi connectivity index (χ3v) is 3.49. The van der Waals surface area contributed by atoms with Crippen LogP contribution in [-0.4, -0.2) is 23.4 Å². The van der Waals surface area contributed by atoms with Gasteiger partial charge in [-0.25, -0.2) is 0 Å². The summed E-state index contributed by atoms with van der Waals surface area (Å²) in [5.41, 5.74) is 0. The van der Waals surface area contributed by atoms with Crippen molar-refractivity contribution < 1.29 is 44.5 Å². The van der Waals surface area contributed by atoms with E-state index >= 15 is 0 Å². The largest absolute Gasteiger partial charge is 2.00 e. The molecule has 0 amide bonds. The standard InChI is InChI=1S/C16H32O2.BHO3.Zn/c1-2-3-4-5-6-7-8-9-10-11-12-13-14-15-16(17)18;2-1(3)4;/h2-15H2,1H3,(H,17,18);2H;/q;-2;+2. The van der Waals surface area contributed by atoms with Crippen LogP contribution in [0.2, 0.25) is 0 Å². The predicted octanol–water partition coefficient (Wildman–Crippen LogP) is 2.23. The van der Waals surface area contributed by atoms with Crippen molar-refractivity contribution in [3.8, 4) is 0 Å². The second-order valence-corrected chi connectivity index (χ2v) is 5.69. The van der Waals surface area contributed by atoms with Crippen LogP contribution in [0.1, 0.15) is 96.8 Å². The first-order chi connectivity index (χ1) is 10.5. The van der Waals surface area contributed by atoms with E-state index in [1.54, 1.807) is 0 Å². The molecule has 0 heterocycles. The predicted molar refractivity (Wildman–Crippen MR) is 85.9 cm³/mol. The molecule has 7 heteroatoms. The summed E-state index contributed by atoms with van der Waals surface area (Å²) in [5, 5.41) is 32.5. The first-order valence-electron chi connectivity index (χ1n) is 8.72. The van der Waals surface area contributed by atoms with E-state index in [1.807, 2.05) is 0 Å². The smallest absolute Gasteiger partial charge is 0.871 e. The first kappa shape index (κ1) is 27.9. The molecule has 0 rings (SSSR count). The number of hydrogen-bond donors (Lipinski definition) is 2. The van der Waals surface area contributed by atoms with Gasteiger partial charge in [0.05, 0.1) is 7.32 Å². The van der Waals surface area contributed by atoms with Crippen molar-refractivity contribution in [2.24, 2.45) is 0 Å². The zero-order valence-corrected chi connectivity index (χ0v) is 17.8. The summed E-state index contributed by atoms with van der Waals surface area (Å²) in [5.74, 6) is -0.655. The van der Waals surface area contributed by atoms with Crippen molar-refractivity contribution in [1.82, 2.24) is 0 Å². The Bertz CT molecular complexity index is 228. The molecule has 0 aliphatic carbocycles. The maximum Gasteiger partial charge on any atom is 2.00 e. The molecule has 0 atom stereocenters. The normalized spacial score (nSPS) is 9.57. The molecule has 0 unspecified atom stereocenters. The monoisotopic (exact) mass is 380 g/mol. The molecule has 0 aliphatic heterocycles. The Morgan fingerprint density at radius 1 is 0.783 bits per heavy atom. The van der Waals surface area contributed by atoms with Gasteiger partial charge in [-0.15, -0.1) is 0 Å². The average molecular weight is 382 g/mol. The van der Waals surface area contributed by atoms with E-state index in [9.17, 15) is 4.79 Å². The zero-order chi connectivity index (χ0) is 17.1. The molecule has 5 nitrogen and oxygen atoms in total. The molecule has 2 N–H and O–H groups in total. The molecule has 0 aromatic rings. The van der Waals surface area contributed by atoms with Crippen LogP contribution < -0.4 is 10.0 Å². The molecule has 0 radical (unpaired) electrons. The van der Waals surface area contributed by atoms with Crippen LogP contribution in [0.4, 0.5) is 0 Å². The number of hydrogen-bond acceptors (Lipinski definition) is 4. The Balaban J connectivity index is -0.000000712.